The highest BCUT2D eigenvalue weighted by Crippen LogP contribution is 2.57. The van der Waals surface area contributed by atoms with Crippen molar-refractivity contribution >= 4 is 16.9 Å². The highest BCUT2D eigenvalue weighted by atomic mass is 16.4. The molecular weight excluding hydrogens is 300 g/mol. The van der Waals surface area contributed by atoms with Crippen molar-refractivity contribution in [2.45, 2.75) is 38.0 Å². The Labute approximate surface area is 142 Å². The molecule has 2 N–H and O–H groups in total. The SMILES string of the molecule is CC1(c2ccc3ccccc3n2)CCCCC1(C(=O)O)C1CNC1. The predicted octanol–water partition coefficient (Wildman–Crippen LogP) is 3.36. The van der Waals surface area contributed by atoms with Crippen LogP contribution in [0.25, 0.3) is 10.9 Å². The lowest BCUT2D eigenvalue weighted by atomic mass is 9.49. The number of nitrogens with one attached hydrogen (secondary N) is 1. The molecule has 4 rings (SSSR count). The minimum Gasteiger partial charge on any atom is -0.481 e. The van der Waals surface area contributed by atoms with E-state index in [0.717, 1.165) is 55.4 Å². The molecule has 1 saturated heterocycles. The van der Waals surface area contributed by atoms with Gasteiger partial charge in [-0.3, -0.25) is 9.78 Å². The summed E-state index contributed by atoms with van der Waals surface area (Å²) in [5.74, 6) is -0.459. The first-order valence-electron chi connectivity index (χ1n) is 8.88. The van der Waals surface area contributed by atoms with Crippen LogP contribution in [0.2, 0.25) is 0 Å². The van der Waals surface area contributed by atoms with E-state index in [4.69, 9.17) is 4.98 Å². The number of aromatic nitrogens is 1. The van der Waals surface area contributed by atoms with E-state index in [1.807, 2.05) is 18.2 Å². The van der Waals surface area contributed by atoms with Crippen LogP contribution < -0.4 is 5.32 Å². The minimum absolute atomic E-state index is 0.188. The van der Waals surface area contributed by atoms with E-state index in [1.165, 1.54) is 0 Å². The summed E-state index contributed by atoms with van der Waals surface area (Å²) >= 11 is 0. The second-order valence-corrected chi connectivity index (χ2v) is 7.56. The molecule has 4 heteroatoms. The monoisotopic (exact) mass is 324 g/mol. The molecular formula is C20H24N2O2. The van der Waals surface area contributed by atoms with Crippen LogP contribution in [0.4, 0.5) is 0 Å². The van der Waals surface area contributed by atoms with Crippen LogP contribution in [0.15, 0.2) is 36.4 Å². The molecule has 2 fully saturated rings. The third-order valence-corrected chi connectivity index (χ3v) is 6.51. The van der Waals surface area contributed by atoms with Gasteiger partial charge in [-0.1, -0.05) is 44.0 Å². The number of rotatable bonds is 3. The number of nitrogens with zero attached hydrogens (tertiary/aromatic N) is 1. The van der Waals surface area contributed by atoms with Gasteiger partial charge in [0.1, 0.15) is 0 Å². The fourth-order valence-electron chi connectivity index (χ4n) is 4.92. The number of carboxylic acids is 1. The fourth-order valence-corrected chi connectivity index (χ4v) is 4.92. The Morgan fingerprint density at radius 2 is 1.92 bits per heavy atom. The van der Waals surface area contributed by atoms with Crippen molar-refractivity contribution in [3.05, 3.63) is 42.1 Å². The average Bonchev–Trinajstić information content (AvgIpc) is 2.54. The molecule has 2 atom stereocenters. The Morgan fingerprint density at radius 3 is 2.62 bits per heavy atom. The maximum Gasteiger partial charge on any atom is 0.310 e. The molecule has 1 aliphatic heterocycles. The van der Waals surface area contributed by atoms with Crippen LogP contribution >= 0.6 is 0 Å². The Hall–Kier alpha value is -1.94. The van der Waals surface area contributed by atoms with Crippen molar-refractivity contribution in [1.29, 1.82) is 0 Å². The normalized spacial score (nSPS) is 30.9. The molecule has 1 aromatic carbocycles. The second-order valence-electron chi connectivity index (χ2n) is 7.56. The van der Waals surface area contributed by atoms with E-state index in [9.17, 15) is 9.90 Å². The lowest BCUT2D eigenvalue weighted by Gasteiger charge is -2.55. The Bertz CT molecular complexity index is 786. The van der Waals surface area contributed by atoms with Crippen molar-refractivity contribution in [3.8, 4) is 0 Å². The van der Waals surface area contributed by atoms with Crippen molar-refractivity contribution in [2.24, 2.45) is 11.3 Å². The summed E-state index contributed by atoms with van der Waals surface area (Å²) in [5.41, 5.74) is 0.753. The molecule has 0 amide bonds. The largest absolute Gasteiger partial charge is 0.481 e. The van der Waals surface area contributed by atoms with E-state index in [2.05, 4.69) is 30.4 Å². The first-order chi connectivity index (χ1) is 11.6. The molecule has 0 radical (unpaired) electrons. The fraction of sp³-hybridized carbons (Fsp3) is 0.500. The molecule has 2 unspecified atom stereocenters. The van der Waals surface area contributed by atoms with Gasteiger partial charge in [-0.2, -0.15) is 0 Å². The number of fused-ring (bicyclic) bond motifs is 1. The van der Waals surface area contributed by atoms with Crippen LogP contribution in [0.3, 0.4) is 0 Å². The van der Waals surface area contributed by atoms with Crippen molar-refractivity contribution in [1.82, 2.24) is 10.3 Å². The number of hydrogen-bond acceptors (Lipinski definition) is 3. The van der Waals surface area contributed by atoms with Crippen LogP contribution in [0.1, 0.15) is 38.3 Å². The summed E-state index contributed by atoms with van der Waals surface area (Å²) in [7, 11) is 0. The number of hydrogen-bond donors (Lipinski definition) is 2. The number of aliphatic carboxylic acids is 1. The summed E-state index contributed by atoms with van der Waals surface area (Å²) in [5, 5.41) is 14.7. The van der Waals surface area contributed by atoms with Crippen LogP contribution in [0, 0.1) is 11.3 Å². The zero-order chi connectivity index (χ0) is 16.8. The molecule has 126 valence electrons. The first-order valence-corrected chi connectivity index (χ1v) is 8.88. The van der Waals surface area contributed by atoms with Gasteiger partial charge < -0.3 is 10.4 Å². The van der Waals surface area contributed by atoms with Gasteiger partial charge in [0, 0.05) is 35.5 Å². The van der Waals surface area contributed by atoms with E-state index in [0.29, 0.717) is 0 Å². The summed E-state index contributed by atoms with van der Waals surface area (Å²) in [6.45, 7) is 3.74. The Balaban J connectivity index is 1.88. The topological polar surface area (TPSA) is 62.2 Å². The van der Waals surface area contributed by atoms with Gasteiger partial charge >= 0.3 is 5.97 Å². The molecule has 0 bridgehead atoms. The summed E-state index contributed by atoms with van der Waals surface area (Å²) in [6, 6.07) is 12.2. The van der Waals surface area contributed by atoms with Gasteiger partial charge in [0.25, 0.3) is 0 Å². The molecule has 2 heterocycles. The standard InChI is InChI=1S/C20H24N2O2/c1-19(17-9-8-14-6-2-3-7-16(14)22-17)10-4-5-11-20(19,18(23)24)15-12-21-13-15/h2-3,6-9,15,21H,4-5,10-13H2,1H3,(H,23,24). The van der Waals surface area contributed by atoms with Crippen LogP contribution in [0.5, 0.6) is 0 Å². The van der Waals surface area contributed by atoms with Gasteiger partial charge in [0.15, 0.2) is 0 Å². The average molecular weight is 324 g/mol. The quantitative estimate of drug-likeness (QED) is 0.909. The Kier molecular flexibility index (Phi) is 3.61. The molecule has 1 saturated carbocycles. The zero-order valence-corrected chi connectivity index (χ0v) is 14.1. The van der Waals surface area contributed by atoms with E-state index < -0.39 is 16.8 Å². The zero-order valence-electron chi connectivity index (χ0n) is 14.1. The van der Waals surface area contributed by atoms with E-state index in [-0.39, 0.29) is 5.92 Å². The molecule has 0 spiro atoms. The first kappa shape index (κ1) is 15.6. The second kappa shape index (κ2) is 5.55. The summed E-state index contributed by atoms with van der Waals surface area (Å²) < 4.78 is 0. The van der Waals surface area contributed by atoms with Gasteiger partial charge in [-0.05, 0) is 25.0 Å². The maximum absolute atomic E-state index is 12.5. The molecule has 4 nitrogen and oxygen atoms in total. The van der Waals surface area contributed by atoms with Crippen molar-refractivity contribution in [2.75, 3.05) is 13.1 Å². The molecule has 2 aromatic rings. The van der Waals surface area contributed by atoms with Crippen LogP contribution in [-0.2, 0) is 10.2 Å². The lowest BCUT2D eigenvalue weighted by molar-refractivity contribution is -0.165. The molecule has 2 aliphatic rings. The van der Waals surface area contributed by atoms with Crippen molar-refractivity contribution in [3.63, 3.8) is 0 Å². The van der Waals surface area contributed by atoms with Crippen LogP contribution in [-0.4, -0.2) is 29.1 Å². The molecule has 1 aromatic heterocycles. The summed E-state index contributed by atoms with van der Waals surface area (Å²) in [6.07, 6.45) is 3.70. The smallest absolute Gasteiger partial charge is 0.310 e. The van der Waals surface area contributed by atoms with E-state index in [1.54, 1.807) is 0 Å². The number of benzene rings is 1. The van der Waals surface area contributed by atoms with Gasteiger partial charge in [0.2, 0.25) is 0 Å². The number of carbonyl (C=O) groups is 1. The third kappa shape index (κ3) is 2.02. The highest BCUT2D eigenvalue weighted by molar-refractivity contribution is 5.80. The number of pyridine rings is 1. The maximum atomic E-state index is 12.5. The Morgan fingerprint density at radius 1 is 1.17 bits per heavy atom. The minimum atomic E-state index is -0.716. The van der Waals surface area contributed by atoms with Crippen molar-refractivity contribution < 1.29 is 9.90 Å². The van der Waals surface area contributed by atoms with Gasteiger partial charge in [-0.25, -0.2) is 0 Å². The predicted molar refractivity (Wildman–Crippen MR) is 94.0 cm³/mol. The van der Waals surface area contributed by atoms with E-state index >= 15 is 0 Å². The van der Waals surface area contributed by atoms with Gasteiger partial charge in [0.05, 0.1) is 10.9 Å². The highest BCUT2D eigenvalue weighted by Gasteiger charge is 2.61. The summed E-state index contributed by atoms with van der Waals surface area (Å²) in [4.78, 5) is 17.4. The number of carboxylic acid groups (broad SMARTS) is 1. The third-order valence-electron chi connectivity index (χ3n) is 6.51. The molecule has 24 heavy (non-hydrogen) atoms. The lowest BCUT2D eigenvalue weighted by Crippen LogP contribution is -2.64. The number of para-hydroxylation sites is 1. The molecule has 1 aliphatic carbocycles. The van der Waals surface area contributed by atoms with Gasteiger partial charge in [-0.15, -0.1) is 0 Å².